The van der Waals surface area contributed by atoms with Crippen molar-refractivity contribution in [3.63, 3.8) is 0 Å². The molecule has 0 fully saturated rings. The maximum atomic E-state index is 12.8. The molecule has 0 saturated heterocycles. The van der Waals surface area contributed by atoms with Crippen LogP contribution in [0.3, 0.4) is 0 Å². The largest absolute Gasteiger partial charge is 0.496 e. The number of hydrogen-bond acceptors (Lipinski definition) is 6. The van der Waals surface area contributed by atoms with Crippen molar-refractivity contribution in [2.75, 3.05) is 27.3 Å². The molecular formula is C20H24N4O4. The predicted molar refractivity (Wildman–Crippen MR) is 102 cm³/mol. The normalized spacial score (nSPS) is 13.6. The highest BCUT2D eigenvalue weighted by Gasteiger charge is 2.25. The molecule has 0 radical (unpaired) electrons. The zero-order chi connectivity index (χ0) is 19.9. The summed E-state index contributed by atoms with van der Waals surface area (Å²) in [7, 11) is 3.17. The molecule has 28 heavy (non-hydrogen) atoms. The van der Waals surface area contributed by atoms with E-state index in [0.29, 0.717) is 48.9 Å². The summed E-state index contributed by atoms with van der Waals surface area (Å²) < 4.78 is 10.3. The first kappa shape index (κ1) is 19.8. The second kappa shape index (κ2) is 9.27. The molecule has 0 atom stereocenters. The van der Waals surface area contributed by atoms with Gasteiger partial charge in [0.2, 0.25) is 5.91 Å². The van der Waals surface area contributed by atoms with Crippen molar-refractivity contribution >= 4 is 11.8 Å². The quantitative estimate of drug-likeness (QED) is 0.774. The number of fused-ring (bicyclic) bond motifs is 1. The molecule has 1 N–H and O–H groups in total. The van der Waals surface area contributed by atoms with Gasteiger partial charge in [0.1, 0.15) is 12.4 Å². The third-order valence-corrected chi connectivity index (χ3v) is 4.55. The van der Waals surface area contributed by atoms with Crippen LogP contribution in [0.25, 0.3) is 0 Å². The number of nitrogens with one attached hydrogen (secondary N) is 1. The lowest BCUT2D eigenvalue weighted by Crippen LogP contribution is -2.40. The van der Waals surface area contributed by atoms with E-state index in [1.807, 2.05) is 24.3 Å². The van der Waals surface area contributed by atoms with Crippen LogP contribution in [-0.2, 0) is 29.1 Å². The fourth-order valence-electron chi connectivity index (χ4n) is 3.16. The first-order valence-electron chi connectivity index (χ1n) is 9.14. The van der Waals surface area contributed by atoms with E-state index in [-0.39, 0.29) is 18.4 Å². The number of amides is 2. The van der Waals surface area contributed by atoms with Crippen LogP contribution in [0.4, 0.5) is 0 Å². The van der Waals surface area contributed by atoms with Gasteiger partial charge in [-0.3, -0.25) is 9.59 Å². The van der Waals surface area contributed by atoms with Gasteiger partial charge in [0, 0.05) is 32.0 Å². The Morgan fingerprint density at radius 3 is 2.89 bits per heavy atom. The van der Waals surface area contributed by atoms with Crippen LogP contribution in [-0.4, -0.2) is 54.0 Å². The number of carbonyl (C=O) groups excluding carboxylic acids is 2. The topological polar surface area (TPSA) is 93.7 Å². The first-order chi connectivity index (χ1) is 13.6. The third kappa shape index (κ3) is 4.64. The monoisotopic (exact) mass is 384 g/mol. The maximum Gasteiger partial charge on any atom is 0.257 e. The molecule has 8 heteroatoms. The molecule has 0 saturated carbocycles. The molecule has 0 spiro atoms. The summed E-state index contributed by atoms with van der Waals surface area (Å²) in [5, 5.41) is 2.85. The minimum atomic E-state index is -0.223. The zero-order valence-electron chi connectivity index (χ0n) is 16.1. The third-order valence-electron chi connectivity index (χ3n) is 4.55. The van der Waals surface area contributed by atoms with Gasteiger partial charge in [0.05, 0.1) is 24.9 Å². The number of ether oxygens (including phenoxy) is 2. The number of hydrogen-bond donors (Lipinski definition) is 1. The Labute approximate surface area is 163 Å². The minimum Gasteiger partial charge on any atom is -0.496 e. The lowest BCUT2D eigenvalue weighted by Gasteiger charge is -2.20. The van der Waals surface area contributed by atoms with E-state index >= 15 is 0 Å². The van der Waals surface area contributed by atoms with Crippen molar-refractivity contribution in [1.29, 1.82) is 0 Å². The molecule has 2 heterocycles. The fraction of sp³-hybridized carbons (Fsp3) is 0.400. The number of carbonyl (C=O) groups is 2. The van der Waals surface area contributed by atoms with Crippen molar-refractivity contribution in [1.82, 2.24) is 20.2 Å². The zero-order valence-corrected chi connectivity index (χ0v) is 16.1. The molecule has 3 rings (SSSR count). The fourth-order valence-corrected chi connectivity index (χ4v) is 3.16. The smallest absolute Gasteiger partial charge is 0.257 e. The number of aryl methyl sites for hydroxylation is 1. The Balaban J connectivity index is 1.63. The molecular weight excluding hydrogens is 360 g/mol. The van der Waals surface area contributed by atoms with Crippen LogP contribution in [0.5, 0.6) is 5.75 Å². The van der Waals surface area contributed by atoms with Crippen molar-refractivity contribution in [2.24, 2.45) is 0 Å². The number of rotatable bonds is 7. The highest BCUT2D eigenvalue weighted by molar-refractivity contribution is 5.97. The van der Waals surface area contributed by atoms with Crippen LogP contribution in [0.15, 0.2) is 30.5 Å². The van der Waals surface area contributed by atoms with Gasteiger partial charge in [-0.2, -0.15) is 0 Å². The van der Waals surface area contributed by atoms with Crippen molar-refractivity contribution < 1.29 is 19.1 Å². The van der Waals surface area contributed by atoms with Crippen molar-refractivity contribution in [2.45, 2.75) is 26.0 Å². The average molecular weight is 384 g/mol. The summed E-state index contributed by atoms with van der Waals surface area (Å²) in [6, 6.07) is 7.49. The molecule has 2 aromatic rings. The van der Waals surface area contributed by atoms with Gasteiger partial charge < -0.3 is 19.7 Å². The average Bonchev–Trinajstić information content (AvgIpc) is 2.86. The number of benzene rings is 1. The van der Waals surface area contributed by atoms with Crippen LogP contribution >= 0.6 is 0 Å². The Kier molecular flexibility index (Phi) is 6.54. The molecule has 1 aliphatic heterocycles. The van der Waals surface area contributed by atoms with Crippen molar-refractivity contribution in [3.8, 4) is 5.75 Å². The summed E-state index contributed by atoms with van der Waals surface area (Å²) in [6.07, 6.45) is 2.94. The van der Waals surface area contributed by atoms with Crippen LogP contribution < -0.4 is 10.1 Å². The lowest BCUT2D eigenvalue weighted by molar-refractivity contribution is -0.122. The van der Waals surface area contributed by atoms with Gasteiger partial charge in [0.25, 0.3) is 5.91 Å². The molecule has 2 amide bonds. The van der Waals surface area contributed by atoms with Gasteiger partial charge in [-0.25, -0.2) is 9.97 Å². The molecule has 0 bridgehead atoms. The van der Waals surface area contributed by atoms with E-state index in [1.165, 1.54) is 6.20 Å². The number of nitrogens with zero attached hydrogens (tertiary/aromatic N) is 3. The first-order valence-corrected chi connectivity index (χ1v) is 9.14. The molecule has 0 aliphatic carbocycles. The molecule has 1 aromatic heterocycles. The van der Waals surface area contributed by atoms with Crippen LogP contribution in [0.1, 0.15) is 33.9 Å². The lowest BCUT2D eigenvalue weighted by atomic mass is 10.1. The van der Waals surface area contributed by atoms with E-state index < -0.39 is 0 Å². The molecule has 8 nitrogen and oxygen atoms in total. The summed E-state index contributed by atoms with van der Waals surface area (Å²) >= 11 is 0. The SMILES string of the molecule is COCc1ncc2c(n1)CCCN(CC(=O)NCc1ccccc1OC)C2=O. The Bertz CT molecular complexity index is 856. The van der Waals surface area contributed by atoms with E-state index in [4.69, 9.17) is 9.47 Å². The van der Waals surface area contributed by atoms with E-state index in [1.54, 1.807) is 19.1 Å². The molecule has 148 valence electrons. The van der Waals surface area contributed by atoms with Crippen LogP contribution in [0.2, 0.25) is 0 Å². The highest BCUT2D eigenvalue weighted by Crippen LogP contribution is 2.18. The molecule has 1 aromatic carbocycles. The Hall–Kier alpha value is -3.00. The second-order valence-corrected chi connectivity index (χ2v) is 6.50. The van der Waals surface area contributed by atoms with Gasteiger partial charge in [-0.15, -0.1) is 0 Å². The van der Waals surface area contributed by atoms with Crippen molar-refractivity contribution in [3.05, 3.63) is 53.1 Å². The van der Waals surface area contributed by atoms with Gasteiger partial charge in [0.15, 0.2) is 5.82 Å². The number of aromatic nitrogens is 2. The highest BCUT2D eigenvalue weighted by atomic mass is 16.5. The van der Waals surface area contributed by atoms with E-state index in [9.17, 15) is 9.59 Å². The standard InChI is InChI=1S/C20H24N4O4/c1-27-13-18-21-11-15-16(23-18)7-5-9-24(20(15)26)12-19(25)22-10-14-6-3-4-8-17(14)28-2/h3-4,6,8,11H,5,7,9-10,12-13H2,1-2H3,(H,22,25). The second-order valence-electron chi connectivity index (χ2n) is 6.50. The molecule has 0 unspecified atom stereocenters. The van der Waals surface area contributed by atoms with Crippen LogP contribution in [0, 0.1) is 0 Å². The van der Waals surface area contributed by atoms with Gasteiger partial charge >= 0.3 is 0 Å². The van der Waals surface area contributed by atoms with E-state index in [2.05, 4.69) is 15.3 Å². The maximum absolute atomic E-state index is 12.8. The van der Waals surface area contributed by atoms with Gasteiger partial charge in [-0.05, 0) is 18.9 Å². The Morgan fingerprint density at radius 1 is 1.29 bits per heavy atom. The molecule has 1 aliphatic rings. The summed E-state index contributed by atoms with van der Waals surface area (Å²) in [5.74, 6) is 0.826. The summed E-state index contributed by atoms with van der Waals surface area (Å²) in [6.45, 7) is 1.13. The Morgan fingerprint density at radius 2 is 2.11 bits per heavy atom. The number of methoxy groups -OCH3 is 2. The van der Waals surface area contributed by atoms with E-state index in [0.717, 1.165) is 12.0 Å². The summed E-state index contributed by atoms with van der Waals surface area (Å²) in [4.78, 5) is 35.4. The summed E-state index contributed by atoms with van der Waals surface area (Å²) in [5.41, 5.74) is 2.05. The minimum absolute atomic E-state index is 0.00670. The van der Waals surface area contributed by atoms with Gasteiger partial charge in [-0.1, -0.05) is 18.2 Å². The number of para-hydroxylation sites is 1. The predicted octanol–water partition coefficient (Wildman–Crippen LogP) is 1.34.